The molecule has 0 radical (unpaired) electrons. The standard InChI is InChI=1S/C20H26ClN5O/c1-2-22-20(23-12-10-17-8-9-18(21)25-14-17)24-13-11-19(27)26-15-16-6-4-3-5-7-16/h3-9,14H,2,10-13,15H2,1H3,(H,26,27)(H2,22,23,24). The van der Waals surface area contributed by atoms with Crippen LogP contribution in [0.5, 0.6) is 0 Å². The Kier molecular flexibility index (Phi) is 9.13. The van der Waals surface area contributed by atoms with Crippen LogP contribution < -0.4 is 16.0 Å². The van der Waals surface area contributed by atoms with E-state index >= 15 is 0 Å². The molecule has 6 nitrogen and oxygen atoms in total. The van der Waals surface area contributed by atoms with Crippen molar-refractivity contribution in [3.05, 3.63) is 64.9 Å². The van der Waals surface area contributed by atoms with E-state index in [1.54, 1.807) is 12.3 Å². The summed E-state index contributed by atoms with van der Waals surface area (Å²) in [5.74, 6) is 0.695. The number of guanidine groups is 1. The zero-order valence-corrected chi connectivity index (χ0v) is 16.3. The summed E-state index contributed by atoms with van der Waals surface area (Å²) in [6, 6.07) is 13.6. The molecule has 2 aromatic rings. The first-order valence-corrected chi connectivity index (χ1v) is 9.48. The van der Waals surface area contributed by atoms with Crippen molar-refractivity contribution in [3.63, 3.8) is 0 Å². The summed E-state index contributed by atoms with van der Waals surface area (Å²) in [7, 11) is 0. The lowest BCUT2D eigenvalue weighted by Crippen LogP contribution is -2.38. The van der Waals surface area contributed by atoms with Gasteiger partial charge in [0.05, 0.1) is 6.54 Å². The first kappa shape index (κ1) is 20.7. The van der Waals surface area contributed by atoms with Gasteiger partial charge in [-0.1, -0.05) is 48.0 Å². The van der Waals surface area contributed by atoms with Crippen LogP contribution in [0, 0.1) is 0 Å². The molecule has 0 saturated carbocycles. The maximum Gasteiger partial charge on any atom is 0.222 e. The minimum Gasteiger partial charge on any atom is -0.357 e. The van der Waals surface area contributed by atoms with E-state index in [2.05, 4.69) is 25.9 Å². The predicted molar refractivity (Wildman–Crippen MR) is 110 cm³/mol. The Bertz CT molecular complexity index is 719. The molecule has 0 aliphatic rings. The molecule has 0 aliphatic carbocycles. The number of benzene rings is 1. The molecule has 1 aromatic heterocycles. The zero-order valence-electron chi connectivity index (χ0n) is 15.5. The highest BCUT2D eigenvalue weighted by Crippen LogP contribution is 2.05. The highest BCUT2D eigenvalue weighted by molar-refractivity contribution is 6.29. The number of aliphatic imine (C=N–C) groups is 1. The van der Waals surface area contributed by atoms with E-state index in [1.165, 1.54) is 0 Å². The number of nitrogens with zero attached hydrogens (tertiary/aromatic N) is 2. The van der Waals surface area contributed by atoms with Gasteiger partial charge in [-0.2, -0.15) is 0 Å². The number of hydrogen-bond acceptors (Lipinski definition) is 3. The van der Waals surface area contributed by atoms with Gasteiger partial charge in [-0.25, -0.2) is 4.98 Å². The SMILES string of the molecule is CCNC(=NCCC(=O)NCc1ccccc1)NCCc1ccc(Cl)nc1. The molecule has 27 heavy (non-hydrogen) atoms. The molecule has 144 valence electrons. The number of carbonyl (C=O) groups excluding carboxylic acids is 1. The Balaban J connectivity index is 1.70. The van der Waals surface area contributed by atoms with E-state index in [0.717, 1.165) is 30.6 Å². The maximum absolute atomic E-state index is 11.9. The average Bonchev–Trinajstić information content (AvgIpc) is 2.69. The minimum absolute atomic E-state index is 0.00862. The Morgan fingerprint density at radius 2 is 1.89 bits per heavy atom. The van der Waals surface area contributed by atoms with E-state index in [-0.39, 0.29) is 5.91 Å². The Morgan fingerprint density at radius 3 is 2.59 bits per heavy atom. The van der Waals surface area contributed by atoms with Gasteiger partial charge in [0.25, 0.3) is 0 Å². The maximum atomic E-state index is 11.9. The number of amides is 1. The number of pyridine rings is 1. The van der Waals surface area contributed by atoms with Crippen LogP contribution in [0.15, 0.2) is 53.7 Å². The van der Waals surface area contributed by atoms with Crippen LogP contribution in [0.25, 0.3) is 0 Å². The van der Waals surface area contributed by atoms with Gasteiger partial charge in [-0.05, 0) is 30.5 Å². The monoisotopic (exact) mass is 387 g/mol. The van der Waals surface area contributed by atoms with Crippen LogP contribution in [0.4, 0.5) is 0 Å². The third-order valence-electron chi connectivity index (χ3n) is 3.78. The van der Waals surface area contributed by atoms with Gasteiger partial charge < -0.3 is 16.0 Å². The van der Waals surface area contributed by atoms with Crippen molar-refractivity contribution >= 4 is 23.5 Å². The smallest absolute Gasteiger partial charge is 0.222 e. The molecule has 1 amide bonds. The molecule has 0 bridgehead atoms. The van der Waals surface area contributed by atoms with Crippen molar-refractivity contribution < 1.29 is 4.79 Å². The highest BCUT2D eigenvalue weighted by atomic mass is 35.5. The third kappa shape index (κ3) is 8.55. The van der Waals surface area contributed by atoms with Crippen LogP contribution >= 0.6 is 11.6 Å². The zero-order chi connectivity index (χ0) is 19.3. The van der Waals surface area contributed by atoms with E-state index < -0.39 is 0 Å². The summed E-state index contributed by atoms with van der Waals surface area (Å²) in [6.45, 7) is 4.45. The molecule has 7 heteroatoms. The van der Waals surface area contributed by atoms with Crippen LogP contribution in [-0.2, 0) is 17.8 Å². The number of rotatable bonds is 9. The fourth-order valence-electron chi connectivity index (χ4n) is 2.38. The lowest BCUT2D eigenvalue weighted by atomic mass is 10.2. The average molecular weight is 388 g/mol. The number of nitrogens with one attached hydrogen (secondary N) is 3. The quantitative estimate of drug-likeness (QED) is 0.351. The largest absolute Gasteiger partial charge is 0.357 e. The number of aromatic nitrogens is 1. The minimum atomic E-state index is -0.00862. The molecule has 3 N–H and O–H groups in total. The second-order valence-corrected chi connectivity index (χ2v) is 6.33. The summed E-state index contributed by atoms with van der Waals surface area (Å²) in [5.41, 5.74) is 2.18. The lowest BCUT2D eigenvalue weighted by molar-refractivity contribution is -0.121. The molecule has 0 unspecified atom stereocenters. The van der Waals surface area contributed by atoms with Crippen molar-refractivity contribution in [1.29, 1.82) is 0 Å². The molecular weight excluding hydrogens is 362 g/mol. The van der Waals surface area contributed by atoms with E-state index in [1.807, 2.05) is 43.3 Å². The van der Waals surface area contributed by atoms with Crippen molar-refractivity contribution in [2.45, 2.75) is 26.3 Å². The first-order valence-electron chi connectivity index (χ1n) is 9.10. The lowest BCUT2D eigenvalue weighted by Gasteiger charge is -2.11. The molecule has 0 saturated heterocycles. The molecule has 2 rings (SSSR count). The Hall–Kier alpha value is -2.60. The van der Waals surface area contributed by atoms with Crippen molar-refractivity contribution in [1.82, 2.24) is 20.9 Å². The van der Waals surface area contributed by atoms with Gasteiger partial charge in [0.1, 0.15) is 5.15 Å². The van der Waals surface area contributed by atoms with Gasteiger partial charge in [0.2, 0.25) is 5.91 Å². The normalized spacial score (nSPS) is 11.1. The van der Waals surface area contributed by atoms with Gasteiger partial charge in [-0.15, -0.1) is 0 Å². The molecule has 0 atom stereocenters. The topological polar surface area (TPSA) is 78.4 Å². The number of carbonyl (C=O) groups is 1. The van der Waals surface area contributed by atoms with E-state index in [0.29, 0.717) is 30.6 Å². The Labute approximate surface area is 165 Å². The molecule has 0 aliphatic heterocycles. The molecule has 1 heterocycles. The number of halogens is 1. The van der Waals surface area contributed by atoms with Gasteiger partial charge >= 0.3 is 0 Å². The molecule has 0 spiro atoms. The summed E-state index contributed by atoms with van der Waals surface area (Å²) < 4.78 is 0. The summed E-state index contributed by atoms with van der Waals surface area (Å²) in [5, 5.41) is 9.84. The molecular formula is C20H26ClN5O. The van der Waals surface area contributed by atoms with Crippen molar-refractivity contribution in [3.8, 4) is 0 Å². The van der Waals surface area contributed by atoms with Gasteiger partial charge in [-0.3, -0.25) is 9.79 Å². The van der Waals surface area contributed by atoms with Crippen LogP contribution in [0.2, 0.25) is 5.15 Å². The van der Waals surface area contributed by atoms with Crippen molar-refractivity contribution in [2.75, 3.05) is 19.6 Å². The van der Waals surface area contributed by atoms with Crippen LogP contribution in [-0.4, -0.2) is 36.5 Å². The second kappa shape index (κ2) is 11.9. The van der Waals surface area contributed by atoms with E-state index in [9.17, 15) is 4.79 Å². The fraction of sp³-hybridized carbons (Fsp3) is 0.350. The van der Waals surface area contributed by atoms with Gasteiger partial charge in [0, 0.05) is 32.3 Å². The Morgan fingerprint density at radius 1 is 1.07 bits per heavy atom. The van der Waals surface area contributed by atoms with Gasteiger partial charge in [0.15, 0.2) is 5.96 Å². The second-order valence-electron chi connectivity index (χ2n) is 5.94. The summed E-state index contributed by atoms with van der Waals surface area (Å²) in [6.07, 6.45) is 2.93. The van der Waals surface area contributed by atoms with Crippen molar-refractivity contribution in [2.24, 2.45) is 4.99 Å². The first-order chi connectivity index (χ1) is 13.2. The third-order valence-corrected chi connectivity index (χ3v) is 4.00. The summed E-state index contributed by atoms with van der Waals surface area (Å²) in [4.78, 5) is 20.5. The fourth-order valence-corrected chi connectivity index (χ4v) is 2.49. The highest BCUT2D eigenvalue weighted by Gasteiger charge is 2.02. The van der Waals surface area contributed by atoms with E-state index in [4.69, 9.17) is 11.6 Å². The van der Waals surface area contributed by atoms with Crippen LogP contribution in [0.1, 0.15) is 24.5 Å². The van der Waals surface area contributed by atoms with Crippen LogP contribution in [0.3, 0.4) is 0 Å². The predicted octanol–water partition coefficient (Wildman–Crippen LogP) is 2.54. The summed E-state index contributed by atoms with van der Waals surface area (Å²) >= 11 is 5.79. The number of hydrogen-bond donors (Lipinski definition) is 3. The molecule has 0 fully saturated rings. The molecule has 1 aromatic carbocycles.